The van der Waals surface area contributed by atoms with Crippen LogP contribution in [-0.2, 0) is 4.79 Å². The molecule has 138 valence electrons. The van der Waals surface area contributed by atoms with Crippen LogP contribution in [-0.4, -0.2) is 18.9 Å². The molecule has 0 aromatic heterocycles. The predicted octanol–water partition coefficient (Wildman–Crippen LogP) is 4.70. The molecule has 3 aromatic carbocycles. The first-order chi connectivity index (χ1) is 13.0. The zero-order valence-electron chi connectivity index (χ0n) is 15.6. The van der Waals surface area contributed by atoms with E-state index >= 15 is 0 Å². The Balaban J connectivity index is 1.79. The zero-order chi connectivity index (χ0) is 19.4. The van der Waals surface area contributed by atoms with Crippen LogP contribution in [0.15, 0.2) is 60.7 Å². The van der Waals surface area contributed by atoms with Crippen molar-refractivity contribution in [3.63, 3.8) is 0 Å². The van der Waals surface area contributed by atoms with Crippen LogP contribution in [0.25, 0.3) is 10.8 Å². The molecule has 5 nitrogen and oxygen atoms in total. The minimum absolute atomic E-state index is 0.0484. The summed E-state index contributed by atoms with van der Waals surface area (Å²) >= 11 is 0. The summed E-state index contributed by atoms with van der Waals surface area (Å²) in [6, 6.07) is 18.5. The summed E-state index contributed by atoms with van der Waals surface area (Å²) in [7, 11) is 1.55. The van der Waals surface area contributed by atoms with Gasteiger partial charge >= 0.3 is 0 Å². The van der Waals surface area contributed by atoms with Crippen molar-refractivity contribution >= 4 is 34.0 Å². The molecular formula is C22H22N2O3. The van der Waals surface area contributed by atoms with E-state index in [-0.39, 0.29) is 17.7 Å². The number of amides is 2. The Morgan fingerprint density at radius 2 is 1.41 bits per heavy atom. The molecule has 0 radical (unpaired) electrons. The van der Waals surface area contributed by atoms with E-state index in [0.717, 1.165) is 10.8 Å². The van der Waals surface area contributed by atoms with E-state index < -0.39 is 0 Å². The van der Waals surface area contributed by atoms with Gasteiger partial charge in [0.2, 0.25) is 5.91 Å². The van der Waals surface area contributed by atoms with Crippen molar-refractivity contribution in [3.05, 3.63) is 66.2 Å². The van der Waals surface area contributed by atoms with Gasteiger partial charge in [-0.1, -0.05) is 38.1 Å². The summed E-state index contributed by atoms with van der Waals surface area (Å²) in [6.07, 6.45) is 0. The van der Waals surface area contributed by atoms with Crippen LogP contribution in [0.5, 0.6) is 5.75 Å². The molecule has 0 spiro atoms. The van der Waals surface area contributed by atoms with Crippen molar-refractivity contribution in [2.24, 2.45) is 5.92 Å². The van der Waals surface area contributed by atoms with Crippen LogP contribution >= 0.6 is 0 Å². The average Bonchev–Trinajstić information content (AvgIpc) is 2.68. The second-order valence-corrected chi connectivity index (χ2v) is 6.58. The lowest BCUT2D eigenvalue weighted by atomic mass is 10.1. The maximum atomic E-state index is 12.7. The summed E-state index contributed by atoms with van der Waals surface area (Å²) in [5.74, 6) is 0.126. The van der Waals surface area contributed by atoms with Gasteiger partial charge in [-0.05, 0) is 47.2 Å². The van der Waals surface area contributed by atoms with Gasteiger partial charge in [-0.3, -0.25) is 9.59 Å². The van der Waals surface area contributed by atoms with Gasteiger partial charge in [0.25, 0.3) is 5.91 Å². The summed E-state index contributed by atoms with van der Waals surface area (Å²) < 4.78 is 5.39. The fourth-order valence-electron chi connectivity index (χ4n) is 2.69. The molecule has 0 unspecified atom stereocenters. The van der Waals surface area contributed by atoms with E-state index in [1.54, 1.807) is 31.4 Å². The van der Waals surface area contributed by atoms with E-state index in [0.29, 0.717) is 22.7 Å². The number of anilines is 2. The molecule has 3 aromatic rings. The Bertz CT molecular complexity index is 979. The van der Waals surface area contributed by atoms with E-state index in [1.807, 2.05) is 50.2 Å². The first kappa shape index (κ1) is 18.5. The number of hydrogen-bond acceptors (Lipinski definition) is 3. The summed E-state index contributed by atoms with van der Waals surface area (Å²) in [4.78, 5) is 24.5. The van der Waals surface area contributed by atoms with Gasteiger partial charge in [0.15, 0.2) is 0 Å². The lowest BCUT2D eigenvalue weighted by Crippen LogP contribution is -2.17. The molecule has 27 heavy (non-hydrogen) atoms. The van der Waals surface area contributed by atoms with Crippen molar-refractivity contribution < 1.29 is 14.3 Å². The quantitative estimate of drug-likeness (QED) is 0.691. The summed E-state index contributed by atoms with van der Waals surface area (Å²) in [5, 5.41) is 7.67. The minimum Gasteiger partial charge on any atom is -0.496 e. The van der Waals surface area contributed by atoms with Gasteiger partial charge in [-0.2, -0.15) is 0 Å². The Morgan fingerprint density at radius 1 is 0.852 bits per heavy atom. The Kier molecular flexibility index (Phi) is 5.41. The normalized spacial score (nSPS) is 10.7. The first-order valence-corrected chi connectivity index (χ1v) is 8.77. The monoisotopic (exact) mass is 362 g/mol. The highest BCUT2D eigenvalue weighted by molar-refractivity contribution is 6.08. The fourth-order valence-corrected chi connectivity index (χ4v) is 2.69. The highest BCUT2D eigenvalue weighted by Crippen LogP contribution is 2.27. The lowest BCUT2D eigenvalue weighted by molar-refractivity contribution is -0.118. The highest BCUT2D eigenvalue weighted by Gasteiger charge is 2.14. The number of rotatable bonds is 5. The Labute approximate surface area is 158 Å². The molecule has 0 saturated carbocycles. The molecular weight excluding hydrogens is 340 g/mol. The van der Waals surface area contributed by atoms with Crippen LogP contribution in [0.2, 0.25) is 0 Å². The van der Waals surface area contributed by atoms with Gasteiger partial charge in [-0.15, -0.1) is 0 Å². The van der Waals surface area contributed by atoms with E-state index in [4.69, 9.17) is 4.74 Å². The molecule has 0 aliphatic heterocycles. The van der Waals surface area contributed by atoms with Crippen molar-refractivity contribution in [1.29, 1.82) is 0 Å². The molecule has 0 atom stereocenters. The van der Waals surface area contributed by atoms with Crippen LogP contribution in [0.4, 0.5) is 11.4 Å². The number of benzene rings is 3. The average molecular weight is 362 g/mol. The topological polar surface area (TPSA) is 67.4 Å². The molecule has 5 heteroatoms. The Hall–Kier alpha value is -3.34. The molecule has 0 bridgehead atoms. The molecule has 2 amide bonds. The largest absolute Gasteiger partial charge is 0.496 e. The number of hydrogen-bond donors (Lipinski definition) is 2. The molecule has 0 saturated heterocycles. The maximum Gasteiger partial charge on any atom is 0.259 e. The van der Waals surface area contributed by atoms with Gasteiger partial charge in [0.05, 0.1) is 12.7 Å². The number of nitrogens with one attached hydrogen (secondary N) is 2. The molecule has 0 fully saturated rings. The van der Waals surface area contributed by atoms with Crippen LogP contribution in [0, 0.1) is 5.92 Å². The third kappa shape index (κ3) is 4.26. The summed E-state index contributed by atoms with van der Waals surface area (Å²) in [5.41, 5.74) is 1.79. The van der Waals surface area contributed by atoms with Gasteiger partial charge < -0.3 is 15.4 Å². The zero-order valence-corrected chi connectivity index (χ0v) is 15.6. The minimum atomic E-state index is -0.253. The number of methoxy groups -OCH3 is 1. The number of carbonyl (C=O) groups excluding carboxylic acids is 2. The van der Waals surface area contributed by atoms with Gasteiger partial charge in [0.1, 0.15) is 5.75 Å². The smallest absolute Gasteiger partial charge is 0.259 e. The van der Waals surface area contributed by atoms with Crippen LogP contribution < -0.4 is 15.4 Å². The third-order valence-corrected chi connectivity index (χ3v) is 4.25. The summed E-state index contributed by atoms with van der Waals surface area (Å²) in [6.45, 7) is 3.67. The van der Waals surface area contributed by atoms with Crippen molar-refractivity contribution in [2.75, 3.05) is 17.7 Å². The first-order valence-electron chi connectivity index (χ1n) is 8.77. The van der Waals surface area contributed by atoms with Gasteiger partial charge in [0, 0.05) is 17.3 Å². The van der Waals surface area contributed by atoms with Crippen LogP contribution in [0.1, 0.15) is 24.2 Å². The van der Waals surface area contributed by atoms with Crippen LogP contribution in [0.3, 0.4) is 0 Å². The SMILES string of the molecule is COc1cc2ccccc2cc1C(=O)Nc1ccc(NC(=O)C(C)C)cc1. The van der Waals surface area contributed by atoms with Crippen molar-refractivity contribution in [3.8, 4) is 5.75 Å². The number of carbonyl (C=O) groups is 2. The maximum absolute atomic E-state index is 12.7. The molecule has 0 heterocycles. The number of ether oxygens (including phenoxy) is 1. The van der Waals surface area contributed by atoms with Crippen molar-refractivity contribution in [1.82, 2.24) is 0 Å². The lowest BCUT2D eigenvalue weighted by Gasteiger charge is -2.12. The predicted molar refractivity (Wildman–Crippen MR) is 108 cm³/mol. The van der Waals surface area contributed by atoms with E-state index in [9.17, 15) is 9.59 Å². The number of fused-ring (bicyclic) bond motifs is 1. The second kappa shape index (κ2) is 7.91. The molecule has 0 aliphatic carbocycles. The standard InChI is InChI=1S/C22H22N2O3/c1-14(2)21(25)23-17-8-10-18(11-9-17)24-22(26)19-12-15-6-4-5-7-16(15)13-20(19)27-3/h4-14H,1-3H3,(H,23,25)(H,24,26). The molecule has 3 rings (SSSR count). The van der Waals surface area contributed by atoms with Gasteiger partial charge in [-0.25, -0.2) is 0 Å². The molecule has 0 aliphatic rings. The van der Waals surface area contributed by atoms with Crippen molar-refractivity contribution in [2.45, 2.75) is 13.8 Å². The highest BCUT2D eigenvalue weighted by atomic mass is 16.5. The second-order valence-electron chi connectivity index (χ2n) is 6.58. The van der Waals surface area contributed by atoms with E-state index in [1.165, 1.54) is 0 Å². The molecule has 2 N–H and O–H groups in total. The third-order valence-electron chi connectivity index (χ3n) is 4.25. The fraction of sp³-hybridized carbons (Fsp3) is 0.182. The van der Waals surface area contributed by atoms with E-state index in [2.05, 4.69) is 10.6 Å². The Morgan fingerprint density at radius 3 is 1.96 bits per heavy atom.